The maximum Gasteiger partial charge on any atom is 0.390 e. The molecule has 104 valence electrons. The van der Waals surface area contributed by atoms with Crippen LogP contribution >= 0.6 is 0 Å². The van der Waals surface area contributed by atoms with E-state index in [4.69, 9.17) is 5.73 Å². The van der Waals surface area contributed by atoms with Gasteiger partial charge < -0.3 is 15.4 Å². The number of hydrogen-bond acceptors (Lipinski definition) is 3. The lowest BCUT2D eigenvalue weighted by Gasteiger charge is -2.12. The van der Waals surface area contributed by atoms with Gasteiger partial charge in [-0.1, -0.05) is 0 Å². The average molecular weight is 273 g/mol. The molecule has 3 N–H and O–H groups in total. The van der Waals surface area contributed by atoms with Crippen molar-refractivity contribution in [2.45, 2.75) is 32.2 Å². The second kappa shape index (κ2) is 4.73. The van der Waals surface area contributed by atoms with Crippen molar-refractivity contribution in [3.63, 3.8) is 0 Å². The fourth-order valence-corrected chi connectivity index (χ4v) is 1.96. The summed E-state index contributed by atoms with van der Waals surface area (Å²) in [6.07, 6.45) is -6.16. The molecule has 0 spiro atoms. The molecule has 2 rings (SSSR count). The minimum absolute atomic E-state index is 0.213. The lowest BCUT2D eigenvalue weighted by atomic mass is 10.2. The van der Waals surface area contributed by atoms with Crippen molar-refractivity contribution < 1.29 is 18.3 Å². The van der Waals surface area contributed by atoms with E-state index in [-0.39, 0.29) is 12.4 Å². The molecule has 0 fully saturated rings. The van der Waals surface area contributed by atoms with Crippen molar-refractivity contribution in [3.05, 3.63) is 24.0 Å². The van der Waals surface area contributed by atoms with Gasteiger partial charge in [-0.3, -0.25) is 0 Å². The van der Waals surface area contributed by atoms with Crippen molar-refractivity contribution in [3.8, 4) is 0 Å². The molecule has 1 atom stereocenters. The second-order valence-corrected chi connectivity index (χ2v) is 4.41. The zero-order chi connectivity index (χ0) is 14.2. The van der Waals surface area contributed by atoms with Gasteiger partial charge in [0, 0.05) is 12.2 Å². The van der Waals surface area contributed by atoms with Crippen molar-refractivity contribution in [2.24, 2.45) is 0 Å². The number of hydrogen-bond donors (Lipinski definition) is 2. The number of imidazole rings is 1. The summed E-state index contributed by atoms with van der Waals surface area (Å²) in [6.45, 7) is 1.19. The molecule has 0 aliphatic heterocycles. The first-order chi connectivity index (χ1) is 8.78. The standard InChI is InChI=1S/C12H14F3N3O/c1-7(19)11-17-9-6-8(16)2-3-10(9)18(11)5-4-12(13,14)15/h2-3,6-7,19H,4-5,16H2,1H3. The van der Waals surface area contributed by atoms with Crippen LogP contribution in [0.5, 0.6) is 0 Å². The Balaban J connectivity index is 2.46. The SMILES string of the molecule is CC(O)c1nc2cc(N)ccc2n1CCC(F)(F)F. The van der Waals surface area contributed by atoms with E-state index in [1.54, 1.807) is 18.2 Å². The Morgan fingerprint density at radius 3 is 2.68 bits per heavy atom. The first-order valence-electron chi connectivity index (χ1n) is 5.78. The van der Waals surface area contributed by atoms with E-state index in [0.717, 1.165) is 0 Å². The van der Waals surface area contributed by atoms with Gasteiger partial charge in [0.1, 0.15) is 11.9 Å². The Hall–Kier alpha value is -1.76. The maximum atomic E-state index is 12.3. The number of aliphatic hydroxyl groups excluding tert-OH is 1. The summed E-state index contributed by atoms with van der Waals surface area (Å²) in [7, 11) is 0. The number of rotatable bonds is 3. The van der Waals surface area contributed by atoms with E-state index < -0.39 is 18.7 Å². The van der Waals surface area contributed by atoms with Crippen LogP contribution in [0.3, 0.4) is 0 Å². The molecule has 1 aromatic heterocycles. The summed E-state index contributed by atoms with van der Waals surface area (Å²) in [6, 6.07) is 4.78. The minimum Gasteiger partial charge on any atom is -0.399 e. The topological polar surface area (TPSA) is 64.1 Å². The van der Waals surface area contributed by atoms with Crippen LogP contribution in [-0.2, 0) is 6.54 Å². The number of aromatic nitrogens is 2. The number of benzene rings is 1. The molecular weight excluding hydrogens is 259 g/mol. The number of fused-ring (bicyclic) bond motifs is 1. The summed E-state index contributed by atoms with van der Waals surface area (Å²) in [5.41, 5.74) is 7.11. The Morgan fingerprint density at radius 1 is 1.42 bits per heavy atom. The van der Waals surface area contributed by atoms with Crippen LogP contribution in [0, 0.1) is 0 Å². The molecule has 0 aliphatic carbocycles. The fourth-order valence-electron chi connectivity index (χ4n) is 1.96. The first kappa shape index (κ1) is 13.7. The lowest BCUT2D eigenvalue weighted by molar-refractivity contribution is -0.136. The first-order valence-corrected chi connectivity index (χ1v) is 5.78. The van der Waals surface area contributed by atoms with Crippen LogP contribution in [0.1, 0.15) is 25.3 Å². The Morgan fingerprint density at radius 2 is 2.11 bits per heavy atom. The van der Waals surface area contributed by atoms with Crippen molar-refractivity contribution in [1.29, 1.82) is 0 Å². The molecule has 0 aliphatic rings. The molecule has 1 aromatic carbocycles. The Kier molecular flexibility index (Phi) is 3.40. The van der Waals surface area contributed by atoms with Gasteiger partial charge in [-0.2, -0.15) is 13.2 Å². The number of anilines is 1. The van der Waals surface area contributed by atoms with E-state index in [1.165, 1.54) is 11.5 Å². The fraction of sp³-hybridized carbons (Fsp3) is 0.417. The third-order valence-corrected chi connectivity index (χ3v) is 2.79. The summed E-state index contributed by atoms with van der Waals surface area (Å²) in [5, 5.41) is 9.61. The molecule has 0 saturated heterocycles. The van der Waals surface area contributed by atoms with Crippen LogP contribution in [0.4, 0.5) is 18.9 Å². The number of nitrogen functional groups attached to an aromatic ring is 1. The normalized spacial score (nSPS) is 13.9. The van der Waals surface area contributed by atoms with Crippen LogP contribution in [-0.4, -0.2) is 20.8 Å². The largest absolute Gasteiger partial charge is 0.399 e. The molecule has 0 bridgehead atoms. The molecule has 0 amide bonds. The molecule has 4 nitrogen and oxygen atoms in total. The van der Waals surface area contributed by atoms with Gasteiger partial charge in [0.25, 0.3) is 0 Å². The molecule has 0 saturated carbocycles. The van der Waals surface area contributed by atoms with Crippen LogP contribution < -0.4 is 5.73 Å². The van der Waals surface area contributed by atoms with Crippen LogP contribution in [0.15, 0.2) is 18.2 Å². The van der Waals surface area contributed by atoms with E-state index in [1.807, 2.05) is 0 Å². The molecule has 2 aromatic rings. The van der Waals surface area contributed by atoms with Crippen molar-refractivity contribution in [1.82, 2.24) is 9.55 Å². The zero-order valence-corrected chi connectivity index (χ0v) is 10.3. The third kappa shape index (κ3) is 2.98. The molecule has 1 unspecified atom stereocenters. The quantitative estimate of drug-likeness (QED) is 0.845. The summed E-state index contributed by atoms with van der Waals surface area (Å²) in [5.74, 6) is 0.213. The number of aliphatic hydroxyl groups is 1. The van der Waals surface area contributed by atoms with Crippen molar-refractivity contribution in [2.75, 3.05) is 5.73 Å². The van der Waals surface area contributed by atoms with Gasteiger partial charge in [0.2, 0.25) is 0 Å². The highest BCUT2D eigenvalue weighted by Crippen LogP contribution is 2.26. The van der Waals surface area contributed by atoms with Gasteiger partial charge >= 0.3 is 6.18 Å². The summed E-state index contributed by atoms with van der Waals surface area (Å²) < 4.78 is 38.4. The monoisotopic (exact) mass is 273 g/mol. The predicted molar refractivity (Wildman–Crippen MR) is 65.5 cm³/mol. The highest BCUT2D eigenvalue weighted by Gasteiger charge is 2.28. The predicted octanol–water partition coefficient (Wildman–Crippen LogP) is 2.62. The highest BCUT2D eigenvalue weighted by molar-refractivity contribution is 5.79. The van der Waals surface area contributed by atoms with Crippen molar-refractivity contribution >= 4 is 16.7 Å². The second-order valence-electron chi connectivity index (χ2n) is 4.41. The van der Waals surface area contributed by atoms with Crippen LogP contribution in [0.25, 0.3) is 11.0 Å². The van der Waals surface area contributed by atoms with Gasteiger partial charge in [-0.05, 0) is 25.1 Å². The lowest BCUT2D eigenvalue weighted by Crippen LogP contribution is -2.15. The number of nitrogens with two attached hydrogens (primary N) is 1. The zero-order valence-electron chi connectivity index (χ0n) is 10.3. The van der Waals surface area contributed by atoms with Gasteiger partial charge in [0.05, 0.1) is 17.5 Å². The number of halogens is 3. The molecular formula is C12H14F3N3O. The number of alkyl halides is 3. The van der Waals surface area contributed by atoms with Gasteiger partial charge in [-0.25, -0.2) is 4.98 Å². The van der Waals surface area contributed by atoms with E-state index >= 15 is 0 Å². The van der Waals surface area contributed by atoms with E-state index in [0.29, 0.717) is 16.7 Å². The Labute approximate surface area is 107 Å². The third-order valence-electron chi connectivity index (χ3n) is 2.79. The summed E-state index contributed by atoms with van der Waals surface area (Å²) >= 11 is 0. The molecule has 0 radical (unpaired) electrons. The minimum atomic E-state index is -4.25. The summed E-state index contributed by atoms with van der Waals surface area (Å²) in [4.78, 5) is 4.14. The number of aryl methyl sites for hydroxylation is 1. The molecule has 1 heterocycles. The molecule has 7 heteroatoms. The van der Waals surface area contributed by atoms with E-state index in [9.17, 15) is 18.3 Å². The van der Waals surface area contributed by atoms with E-state index in [2.05, 4.69) is 4.98 Å². The Bertz CT molecular complexity index is 590. The highest BCUT2D eigenvalue weighted by atomic mass is 19.4. The van der Waals surface area contributed by atoms with Gasteiger partial charge in [0.15, 0.2) is 0 Å². The number of nitrogens with zero attached hydrogens (tertiary/aromatic N) is 2. The maximum absolute atomic E-state index is 12.3. The average Bonchev–Trinajstić information content (AvgIpc) is 2.63. The van der Waals surface area contributed by atoms with Crippen LogP contribution in [0.2, 0.25) is 0 Å². The van der Waals surface area contributed by atoms with Gasteiger partial charge in [-0.15, -0.1) is 0 Å². The smallest absolute Gasteiger partial charge is 0.390 e. The molecule has 19 heavy (non-hydrogen) atoms.